The number of nitrogens with one attached hydrogen (secondary N) is 1. The van der Waals surface area contributed by atoms with Crippen molar-refractivity contribution < 1.29 is 14.0 Å². The molecule has 0 unspecified atom stereocenters. The number of carbonyl (C=O) groups is 1. The van der Waals surface area contributed by atoms with E-state index >= 15 is 0 Å². The summed E-state index contributed by atoms with van der Waals surface area (Å²) in [6.07, 6.45) is 0. The molecule has 4 nitrogen and oxygen atoms in total. The molecule has 1 fully saturated rings. The van der Waals surface area contributed by atoms with E-state index in [1.165, 1.54) is 0 Å². The molecule has 1 aliphatic rings. The molecule has 1 N–H and O–H groups in total. The Hall–Kier alpha value is -0.393. The summed E-state index contributed by atoms with van der Waals surface area (Å²) in [7, 11) is -1.72. The average molecular weight is 245 g/mol. The Morgan fingerprint density at radius 1 is 1.50 bits per heavy atom. The van der Waals surface area contributed by atoms with Gasteiger partial charge in [-0.05, 0) is 18.1 Å². The van der Waals surface area contributed by atoms with Crippen LogP contribution in [-0.2, 0) is 14.0 Å². The third kappa shape index (κ3) is 3.57. The van der Waals surface area contributed by atoms with E-state index in [1.54, 1.807) is 0 Å². The van der Waals surface area contributed by atoms with Crippen LogP contribution >= 0.6 is 0 Å². The van der Waals surface area contributed by atoms with E-state index in [-0.39, 0.29) is 23.6 Å². The van der Waals surface area contributed by atoms with Gasteiger partial charge in [-0.25, -0.2) is 0 Å². The second kappa shape index (κ2) is 4.85. The van der Waals surface area contributed by atoms with Gasteiger partial charge in [0.1, 0.15) is 6.61 Å². The third-order valence-corrected chi connectivity index (χ3v) is 7.87. The van der Waals surface area contributed by atoms with Gasteiger partial charge in [0.25, 0.3) is 0 Å². The highest BCUT2D eigenvalue weighted by atomic mass is 28.4. The van der Waals surface area contributed by atoms with Crippen molar-refractivity contribution in [1.29, 1.82) is 0 Å². The van der Waals surface area contributed by atoms with Crippen LogP contribution in [0, 0.1) is 0 Å². The topological polar surface area (TPSA) is 47.6 Å². The minimum atomic E-state index is -1.72. The van der Waals surface area contributed by atoms with E-state index in [2.05, 4.69) is 39.2 Å². The summed E-state index contributed by atoms with van der Waals surface area (Å²) >= 11 is 0. The second-order valence-electron chi connectivity index (χ2n) is 5.85. The Morgan fingerprint density at radius 2 is 2.12 bits per heavy atom. The molecule has 0 aromatic heterocycles. The Morgan fingerprint density at radius 3 is 2.62 bits per heavy atom. The molecule has 1 heterocycles. The Bertz CT molecular complexity index is 260. The first-order valence-electron chi connectivity index (χ1n) is 5.73. The predicted molar refractivity (Wildman–Crippen MR) is 65.9 cm³/mol. The van der Waals surface area contributed by atoms with Gasteiger partial charge in [-0.2, -0.15) is 0 Å². The second-order valence-corrected chi connectivity index (χ2v) is 10.7. The van der Waals surface area contributed by atoms with Gasteiger partial charge >= 0.3 is 0 Å². The van der Waals surface area contributed by atoms with Gasteiger partial charge in [0, 0.05) is 0 Å². The zero-order valence-electron chi connectivity index (χ0n) is 10.9. The fourth-order valence-corrected chi connectivity index (χ4v) is 2.27. The predicted octanol–water partition coefficient (Wildman–Crippen LogP) is 1.52. The molecule has 1 rings (SSSR count). The van der Waals surface area contributed by atoms with Gasteiger partial charge in [-0.15, -0.1) is 0 Å². The average Bonchev–Trinajstić information content (AvgIpc) is 2.13. The lowest BCUT2D eigenvalue weighted by molar-refractivity contribution is -0.131. The highest BCUT2D eigenvalue weighted by molar-refractivity contribution is 6.74. The molecular weight excluding hydrogens is 222 g/mol. The summed E-state index contributed by atoms with van der Waals surface area (Å²) in [4.78, 5) is 11.1. The SMILES string of the molecule is CC(C)(C)[Si](C)(C)OC[C@H]1COCC(=O)N1. The molecule has 1 aliphatic heterocycles. The molecule has 94 valence electrons. The zero-order chi connectivity index (χ0) is 12.4. The minimum Gasteiger partial charge on any atom is -0.415 e. The van der Waals surface area contributed by atoms with Gasteiger partial charge in [-0.3, -0.25) is 4.79 Å². The molecule has 1 atom stereocenters. The number of carbonyl (C=O) groups excluding carboxylic acids is 1. The number of rotatable bonds is 3. The Balaban J connectivity index is 2.42. The van der Waals surface area contributed by atoms with Crippen LogP contribution in [0.2, 0.25) is 18.1 Å². The van der Waals surface area contributed by atoms with Crippen LogP contribution in [0.1, 0.15) is 20.8 Å². The van der Waals surface area contributed by atoms with E-state index in [1.807, 2.05) is 0 Å². The summed E-state index contributed by atoms with van der Waals surface area (Å²) in [6, 6.07) is 0.00961. The van der Waals surface area contributed by atoms with Crippen LogP contribution in [0.3, 0.4) is 0 Å². The van der Waals surface area contributed by atoms with Crippen LogP contribution in [0.15, 0.2) is 0 Å². The van der Waals surface area contributed by atoms with E-state index in [9.17, 15) is 4.79 Å². The van der Waals surface area contributed by atoms with Crippen molar-refractivity contribution in [3.05, 3.63) is 0 Å². The number of hydrogen-bond acceptors (Lipinski definition) is 3. The first-order chi connectivity index (χ1) is 7.22. The first kappa shape index (κ1) is 13.7. The Kier molecular flexibility index (Phi) is 4.15. The van der Waals surface area contributed by atoms with Gasteiger partial charge in [0.2, 0.25) is 5.91 Å². The normalized spacial score (nSPS) is 23.1. The van der Waals surface area contributed by atoms with Crippen LogP contribution < -0.4 is 5.32 Å². The molecule has 1 amide bonds. The van der Waals surface area contributed by atoms with E-state index in [0.29, 0.717) is 13.2 Å². The van der Waals surface area contributed by atoms with Crippen LogP contribution in [0.25, 0.3) is 0 Å². The van der Waals surface area contributed by atoms with Crippen molar-refractivity contribution in [1.82, 2.24) is 5.32 Å². The van der Waals surface area contributed by atoms with Gasteiger partial charge in [-0.1, -0.05) is 20.8 Å². The largest absolute Gasteiger partial charge is 0.415 e. The molecule has 0 radical (unpaired) electrons. The smallest absolute Gasteiger partial charge is 0.246 e. The van der Waals surface area contributed by atoms with E-state index < -0.39 is 8.32 Å². The number of ether oxygens (including phenoxy) is 1. The van der Waals surface area contributed by atoms with Crippen LogP contribution in [0.5, 0.6) is 0 Å². The summed E-state index contributed by atoms with van der Waals surface area (Å²) in [5.74, 6) is -0.0462. The summed E-state index contributed by atoms with van der Waals surface area (Å²) in [5.41, 5.74) is 0. The molecule has 0 saturated carbocycles. The first-order valence-corrected chi connectivity index (χ1v) is 8.64. The quantitative estimate of drug-likeness (QED) is 0.767. The fraction of sp³-hybridized carbons (Fsp3) is 0.909. The monoisotopic (exact) mass is 245 g/mol. The number of morpholine rings is 1. The van der Waals surface area contributed by atoms with Gasteiger partial charge < -0.3 is 14.5 Å². The minimum absolute atomic E-state index is 0.00961. The fourth-order valence-electron chi connectivity index (χ4n) is 1.22. The maximum absolute atomic E-state index is 11.1. The van der Waals surface area contributed by atoms with Crippen molar-refractivity contribution in [2.75, 3.05) is 19.8 Å². The Labute approximate surface area is 98.8 Å². The van der Waals surface area contributed by atoms with Crippen LogP contribution in [0.4, 0.5) is 0 Å². The number of amides is 1. The standard InChI is InChI=1S/C11H23NO3Si/c1-11(2,3)16(4,5)15-7-9-6-14-8-10(13)12-9/h9H,6-8H2,1-5H3,(H,12,13)/t9-/m1/s1. The van der Waals surface area contributed by atoms with Crippen molar-refractivity contribution in [3.8, 4) is 0 Å². The zero-order valence-corrected chi connectivity index (χ0v) is 11.9. The van der Waals surface area contributed by atoms with Gasteiger partial charge in [0.15, 0.2) is 8.32 Å². The molecule has 16 heavy (non-hydrogen) atoms. The molecule has 1 saturated heterocycles. The van der Waals surface area contributed by atoms with Crippen molar-refractivity contribution in [2.24, 2.45) is 0 Å². The lowest BCUT2D eigenvalue weighted by Gasteiger charge is -2.37. The van der Waals surface area contributed by atoms with Gasteiger partial charge in [0.05, 0.1) is 19.3 Å². The maximum Gasteiger partial charge on any atom is 0.246 e. The van der Waals surface area contributed by atoms with E-state index in [0.717, 1.165) is 0 Å². The molecule has 5 heteroatoms. The summed E-state index contributed by atoms with van der Waals surface area (Å²) in [6.45, 7) is 12.3. The molecule has 0 aromatic carbocycles. The lowest BCUT2D eigenvalue weighted by Crippen LogP contribution is -2.51. The highest BCUT2D eigenvalue weighted by Crippen LogP contribution is 2.36. The van der Waals surface area contributed by atoms with Crippen molar-refractivity contribution in [3.63, 3.8) is 0 Å². The highest BCUT2D eigenvalue weighted by Gasteiger charge is 2.37. The third-order valence-electron chi connectivity index (χ3n) is 3.37. The lowest BCUT2D eigenvalue weighted by atomic mass is 10.2. The van der Waals surface area contributed by atoms with Crippen molar-refractivity contribution >= 4 is 14.2 Å². The molecule has 0 aliphatic carbocycles. The van der Waals surface area contributed by atoms with E-state index in [4.69, 9.17) is 9.16 Å². The molecular formula is C11H23NO3Si. The molecule has 0 spiro atoms. The maximum atomic E-state index is 11.1. The van der Waals surface area contributed by atoms with Crippen LogP contribution in [-0.4, -0.2) is 40.1 Å². The molecule has 0 aromatic rings. The van der Waals surface area contributed by atoms with Crippen molar-refractivity contribution in [2.45, 2.75) is 44.9 Å². The molecule has 0 bridgehead atoms. The number of hydrogen-bond donors (Lipinski definition) is 1. The summed E-state index contributed by atoms with van der Waals surface area (Å²) in [5, 5.41) is 3.07. The summed E-state index contributed by atoms with van der Waals surface area (Å²) < 4.78 is 11.2.